The number of carbonyl (C=O) groups is 1. The largest absolute Gasteiger partial charge is 0.508 e. The minimum absolute atomic E-state index is 0.0116. The van der Waals surface area contributed by atoms with Gasteiger partial charge in [-0.1, -0.05) is 0 Å². The molecule has 0 heterocycles. The van der Waals surface area contributed by atoms with E-state index < -0.39 is 0 Å². The first kappa shape index (κ1) is 11.6. The normalized spacial score (nSPS) is 10.5. The van der Waals surface area contributed by atoms with Gasteiger partial charge in [-0.05, 0) is 44.5 Å². The Bertz CT molecular complexity index is 372. The fourth-order valence-corrected chi connectivity index (χ4v) is 1.31. The SMILES string of the molecule is Cc1cc(O)ccc1C(=O)N(C)C(C)C. The van der Waals surface area contributed by atoms with Gasteiger partial charge in [0.15, 0.2) is 0 Å². The van der Waals surface area contributed by atoms with Gasteiger partial charge in [0.05, 0.1) is 0 Å². The number of aromatic hydroxyl groups is 1. The topological polar surface area (TPSA) is 40.5 Å². The number of nitrogens with zero attached hydrogens (tertiary/aromatic N) is 1. The van der Waals surface area contributed by atoms with Crippen LogP contribution in [0.15, 0.2) is 18.2 Å². The molecule has 1 N–H and O–H groups in total. The van der Waals surface area contributed by atoms with Crippen LogP contribution in [0.5, 0.6) is 5.75 Å². The molecule has 0 fully saturated rings. The molecule has 1 aromatic rings. The molecule has 0 aliphatic carbocycles. The smallest absolute Gasteiger partial charge is 0.254 e. The van der Waals surface area contributed by atoms with E-state index in [1.165, 1.54) is 6.07 Å². The minimum atomic E-state index is -0.0116. The summed E-state index contributed by atoms with van der Waals surface area (Å²) in [7, 11) is 1.78. The minimum Gasteiger partial charge on any atom is -0.508 e. The summed E-state index contributed by atoms with van der Waals surface area (Å²) in [4.78, 5) is 13.6. The number of hydrogen-bond donors (Lipinski definition) is 1. The molecule has 1 rings (SSSR count). The molecule has 0 aromatic heterocycles. The summed E-state index contributed by atoms with van der Waals surface area (Å²) in [5, 5.41) is 9.24. The second-order valence-corrected chi connectivity index (χ2v) is 4.01. The Morgan fingerprint density at radius 1 is 1.40 bits per heavy atom. The van der Waals surface area contributed by atoms with Crippen LogP contribution in [-0.2, 0) is 0 Å². The van der Waals surface area contributed by atoms with Crippen LogP contribution in [0.2, 0.25) is 0 Å². The van der Waals surface area contributed by atoms with E-state index in [4.69, 9.17) is 0 Å². The fourth-order valence-electron chi connectivity index (χ4n) is 1.31. The average molecular weight is 207 g/mol. The molecule has 0 spiro atoms. The Morgan fingerprint density at radius 3 is 2.47 bits per heavy atom. The second-order valence-electron chi connectivity index (χ2n) is 4.01. The molecular formula is C12H17NO2. The Balaban J connectivity index is 3.01. The third-order valence-electron chi connectivity index (χ3n) is 2.54. The molecular weight excluding hydrogens is 190 g/mol. The fraction of sp³-hybridized carbons (Fsp3) is 0.417. The molecule has 0 unspecified atom stereocenters. The van der Waals surface area contributed by atoms with E-state index in [-0.39, 0.29) is 17.7 Å². The summed E-state index contributed by atoms with van der Waals surface area (Å²) >= 11 is 0. The van der Waals surface area contributed by atoms with E-state index in [0.717, 1.165) is 5.56 Å². The molecule has 82 valence electrons. The van der Waals surface area contributed by atoms with Gasteiger partial charge in [-0.15, -0.1) is 0 Å². The number of aryl methyl sites for hydroxylation is 1. The molecule has 0 saturated carbocycles. The highest BCUT2D eigenvalue weighted by molar-refractivity contribution is 5.95. The Hall–Kier alpha value is -1.51. The van der Waals surface area contributed by atoms with Crippen LogP contribution in [-0.4, -0.2) is 29.0 Å². The van der Waals surface area contributed by atoms with Crippen molar-refractivity contribution in [1.82, 2.24) is 4.90 Å². The van der Waals surface area contributed by atoms with Crippen molar-refractivity contribution >= 4 is 5.91 Å². The van der Waals surface area contributed by atoms with Crippen molar-refractivity contribution in [3.63, 3.8) is 0 Å². The first-order valence-corrected chi connectivity index (χ1v) is 5.00. The summed E-state index contributed by atoms with van der Waals surface area (Å²) in [5.41, 5.74) is 1.44. The van der Waals surface area contributed by atoms with Gasteiger partial charge in [0.1, 0.15) is 5.75 Å². The van der Waals surface area contributed by atoms with E-state index in [1.54, 1.807) is 24.1 Å². The maximum atomic E-state index is 12.0. The maximum Gasteiger partial charge on any atom is 0.254 e. The number of phenolic OH excluding ortho intramolecular Hbond substituents is 1. The molecule has 0 atom stereocenters. The van der Waals surface area contributed by atoms with Crippen LogP contribution in [0.3, 0.4) is 0 Å². The zero-order valence-electron chi connectivity index (χ0n) is 9.61. The van der Waals surface area contributed by atoms with Gasteiger partial charge in [-0.3, -0.25) is 4.79 Å². The van der Waals surface area contributed by atoms with Gasteiger partial charge < -0.3 is 10.0 Å². The molecule has 1 amide bonds. The van der Waals surface area contributed by atoms with Gasteiger partial charge in [-0.2, -0.15) is 0 Å². The Kier molecular flexibility index (Phi) is 3.35. The van der Waals surface area contributed by atoms with Crippen molar-refractivity contribution in [2.75, 3.05) is 7.05 Å². The van der Waals surface area contributed by atoms with E-state index >= 15 is 0 Å². The molecule has 0 aliphatic heterocycles. The van der Waals surface area contributed by atoms with E-state index in [1.807, 2.05) is 20.8 Å². The van der Waals surface area contributed by atoms with Crippen LogP contribution < -0.4 is 0 Å². The Morgan fingerprint density at radius 2 is 2.00 bits per heavy atom. The van der Waals surface area contributed by atoms with E-state index in [9.17, 15) is 9.90 Å². The lowest BCUT2D eigenvalue weighted by molar-refractivity contribution is 0.0754. The van der Waals surface area contributed by atoms with Crippen LogP contribution >= 0.6 is 0 Å². The zero-order valence-corrected chi connectivity index (χ0v) is 9.61. The number of hydrogen-bond acceptors (Lipinski definition) is 2. The lowest BCUT2D eigenvalue weighted by Gasteiger charge is -2.22. The molecule has 3 nitrogen and oxygen atoms in total. The van der Waals surface area contributed by atoms with Gasteiger partial charge in [0.2, 0.25) is 0 Å². The highest BCUT2D eigenvalue weighted by Crippen LogP contribution is 2.17. The predicted molar refractivity (Wildman–Crippen MR) is 60.1 cm³/mol. The van der Waals surface area contributed by atoms with Crippen molar-refractivity contribution in [1.29, 1.82) is 0 Å². The lowest BCUT2D eigenvalue weighted by atomic mass is 10.1. The van der Waals surface area contributed by atoms with Gasteiger partial charge >= 0.3 is 0 Å². The number of benzene rings is 1. The van der Waals surface area contributed by atoms with Crippen molar-refractivity contribution in [2.24, 2.45) is 0 Å². The summed E-state index contributed by atoms with van der Waals surface area (Å²) in [6.45, 7) is 5.75. The number of amides is 1. The number of rotatable bonds is 2. The Labute approximate surface area is 90.3 Å². The zero-order chi connectivity index (χ0) is 11.6. The summed E-state index contributed by atoms with van der Waals surface area (Å²) in [5.74, 6) is 0.179. The van der Waals surface area contributed by atoms with Crippen molar-refractivity contribution < 1.29 is 9.90 Å². The molecule has 1 aromatic carbocycles. The molecule has 0 bridgehead atoms. The summed E-state index contributed by atoms with van der Waals surface area (Å²) in [6, 6.07) is 4.97. The number of carbonyl (C=O) groups excluding carboxylic acids is 1. The van der Waals surface area contributed by atoms with Crippen LogP contribution in [0.1, 0.15) is 29.8 Å². The lowest BCUT2D eigenvalue weighted by Crippen LogP contribution is -2.33. The second kappa shape index (κ2) is 4.34. The number of phenols is 1. The van der Waals surface area contributed by atoms with Crippen LogP contribution in [0, 0.1) is 6.92 Å². The highest BCUT2D eigenvalue weighted by atomic mass is 16.3. The summed E-state index contributed by atoms with van der Waals surface area (Å²) in [6.07, 6.45) is 0. The van der Waals surface area contributed by atoms with Crippen molar-refractivity contribution in [2.45, 2.75) is 26.8 Å². The van der Waals surface area contributed by atoms with E-state index in [0.29, 0.717) is 5.56 Å². The average Bonchev–Trinajstić information content (AvgIpc) is 2.15. The van der Waals surface area contributed by atoms with Crippen LogP contribution in [0.4, 0.5) is 0 Å². The third-order valence-corrected chi connectivity index (χ3v) is 2.54. The summed E-state index contributed by atoms with van der Waals surface area (Å²) < 4.78 is 0. The maximum absolute atomic E-state index is 12.0. The predicted octanol–water partition coefficient (Wildman–Crippen LogP) is 2.18. The molecule has 15 heavy (non-hydrogen) atoms. The quantitative estimate of drug-likeness (QED) is 0.807. The molecule has 0 radical (unpaired) electrons. The molecule has 0 saturated heterocycles. The molecule has 0 aliphatic rings. The first-order chi connectivity index (χ1) is 6.93. The van der Waals surface area contributed by atoms with E-state index in [2.05, 4.69) is 0 Å². The van der Waals surface area contributed by atoms with Gasteiger partial charge in [0, 0.05) is 18.7 Å². The van der Waals surface area contributed by atoms with Gasteiger partial charge in [0.25, 0.3) is 5.91 Å². The highest BCUT2D eigenvalue weighted by Gasteiger charge is 2.16. The monoisotopic (exact) mass is 207 g/mol. The van der Waals surface area contributed by atoms with Gasteiger partial charge in [-0.25, -0.2) is 0 Å². The molecule has 3 heteroatoms. The van der Waals surface area contributed by atoms with Crippen molar-refractivity contribution in [3.05, 3.63) is 29.3 Å². The third kappa shape index (κ3) is 2.49. The first-order valence-electron chi connectivity index (χ1n) is 5.00. The van der Waals surface area contributed by atoms with Crippen molar-refractivity contribution in [3.8, 4) is 5.75 Å². The standard InChI is InChI=1S/C12H17NO2/c1-8(2)13(4)12(15)11-6-5-10(14)7-9(11)3/h5-8,14H,1-4H3. The van der Waals surface area contributed by atoms with Crippen LogP contribution in [0.25, 0.3) is 0 Å².